The van der Waals surface area contributed by atoms with Crippen LogP contribution in [-0.4, -0.2) is 17.5 Å². The summed E-state index contributed by atoms with van der Waals surface area (Å²) in [7, 11) is 0. The average Bonchev–Trinajstić information content (AvgIpc) is 2.64. The van der Waals surface area contributed by atoms with Gasteiger partial charge in [0.2, 0.25) is 11.8 Å². The molecule has 0 bridgehead atoms. The van der Waals surface area contributed by atoms with Crippen LogP contribution in [-0.2, 0) is 9.59 Å². The monoisotopic (exact) mass is 371 g/mol. The fraction of sp³-hybridized carbons (Fsp3) is 0.250. The van der Waals surface area contributed by atoms with Gasteiger partial charge in [0.15, 0.2) is 0 Å². The summed E-state index contributed by atoms with van der Waals surface area (Å²) in [5, 5.41) is 7.56. The highest BCUT2D eigenvalue weighted by atomic mass is 35.5. The Hall–Kier alpha value is -2.66. The minimum absolute atomic E-state index is 0.0632. The molecule has 2 N–H and O–H groups in total. The van der Waals surface area contributed by atoms with Crippen molar-refractivity contribution in [1.29, 1.82) is 0 Å². The van der Waals surface area contributed by atoms with Crippen molar-refractivity contribution in [2.75, 3.05) is 5.32 Å². The van der Waals surface area contributed by atoms with Crippen molar-refractivity contribution in [3.05, 3.63) is 64.7 Å². The molecule has 0 aromatic heterocycles. The fourth-order valence-electron chi connectivity index (χ4n) is 2.37. The van der Waals surface area contributed by atoms with Crippen LogP contribution >= 0.6 is 11.6 Å². The van der Waals surface area contributed by atoms with Crippen LogP contribution in [0.3, 0.4) is 0 Å². The van der Waals surface area contributed by atoms with Crippen LogP contribution < -0.4 is 10.7 Å². The molecule has 0 fully saturated rings. The van der Waals surface area contributed by atoms with E-state index in [-0.39, 0.29) is 24.7 Å². The SMILES string of the molecule is CC/C(=N\NC(=O)CCC(=O)Nc1ccc(Cl)cc1C)c1ccccc1. The Morgan fingerprint density at radius 2 is 1.73 bits per heavy atom. The molecule has 6 heteroatoms. The number of carbonyl (C=O) groups excluding carboxylic acids is 2. The van der Waals surface area contributed by atoms with Crippen molar-refractivity contribution in [2.45, 2.75) is 33.1 Å². The highest BCUT2D eigenvalue weighted by Gasteiger charge is 2.09. The third-order valence-electron chi connectivity index (χ3n) is 3.80. The smallest absolute Gasteiger partial charge is 0.240 e. The number of rotatable bonds is 7. The van der Waals surface area contributed by atoms with Gasteiger partial charge in [-0.05, 0) is 42.7 Å². The van der Waals surface area contributed by atoms with E-state index in [0.29, 0.717) is 17.1 Å². The summed E-state index contributed by atoms with van der Waals surface area (Å²) < 4.78 is 0. The molecular weight excluding hydrogens is 350 g/mol. The minimum Gasteiger partial charge on any atom is -0.326 e. The molecule has 0 unspecified atom stereocenters. The maximum atomic E-state index is 12.0. The number of hydrazone groups is 1. The van der Waals surface area contributed by atoms with Gasteiger partial charge in [-0.2, -0.15) is 5.10 Å². The second kappa shape index (κ2) is 9.73. The van der Waals surface area contributed by atoms with Crippen molar-refractivity contribution in [3.8, 4) is 0 Å². The number of carbonyl (C=O) groups is 2. The minimum atomic E-state index is -0.296. The van der Waals surface area contributed by atoms with Crippen LogP contribution in [0.5, 0.6) is 0 Å². The topological polar surface area (TPSA) is 70.6 Å². The number of anilines is 1. The molecule has 0 atom stereocenters. The van der Waals surface area contributed by atoms with Gasteiger partial charge >= 0.3 is 0 Å². The normalized spacial score (nSPS) is 11.1. The first kappa shape index (κ1) is 19.7. The summed E-state index contributed by atoms with van der Waals surface area (Å²) in [6.45, 7) is 3.83. The van der Waals surface area contributed by atoms with E-state index in [2.05, 4.69) is 15.8 Å². The number of hydrogen-bond acceptors (Lipinski definition) is 3. The second-order valence-corrected chi connectivity index (χ2v) is 6.26. The first-order valence-corrected chi connectivity index (χ1v) is 8.84. The lowest BCUT2D eigenvalue weighted by Crippen LogP contribution is -2.22. The molecule has 0 aliphatic heterocycles. The lowest BCUT2D eigenvalue weighted by Gasteiger charge is -2.08. The summed E-state index contributed by atoms with van der Waals surface area (Å²) in [5.74, 6) is -0.525. The number of nitrogens with zero attached hydrogens (tertiary/aromatic N) is 1. The van der Waals surface area contributed by atoms with E-state index in [1.54, 1.807) is 18.2 Å². The number of halogens is 1. The number of nitrogens with one attached hydrogen (secondary N) is 2. The van der Waals surface area contributed by atoms with Crippen LogP contribution in [0.25, 0.3) is 0 Å². The molecule has 0 radical (unpaired) electrons. The summed E-state index contributed by atoms with van der Waals surface area (Å²) in [4.78, 5) is 24.0. The van der Waals surface area contributed by atoms with E-state index >= 15 is 0 Å². The van der Waals surface area contributed by atoms with E-state index in [1.807, 2.05) is 44.2 Å². The summed E-state index contributed by atoms with van der Waals surface area (Å²) in [6, 6.07) is 14.9. The molecule has 0 aliphatic rings. The van der Waals surface area contributed by atoms with E-state index in [0.717, 1.165) is 16.8 Å². The zero-order valence-electron chi connectivity index (χ0n) is 14.9. The van der Waals surface area contributed by atoms with Gasteiger partial charge in [0.25, 0.3) is 0 Å². The van der Waals surface area contributed by atoms with Crippen molar-refractivity contribution < 1.29 is 9.59 Å². The predicted octanol–water partition coefficient (Wildman–Crippen LogP) is 4.30. The number of hydrogen-bond donors (Lipinski definition) is 2. The van der Waals surface area contributed by atoms with Gasteiger partial charge in [0, 0.05) is 23.6 Å². The highest BCUT2D eigenvalue weighted by Crippen LogP contribution is 2.19. The van der Waals surface area contributed by atoms with Crippen molar-refractivity contribution in [2.24, 2.45) is 5.10 Å². The third-order valence-corrected chi connectivity index (χ3v) is 4.03. The average molecular weight is 372 g/mol. The van der Waals surface area contributed by atoms with Gasteiger partial charge in [-0.25, -0.2) is 5.43 Å². The first-order chi connectivity index (χ1) is 12.5. The molecule has 5 nitrogen and oxygen atoms in total. The number of amides is 2. The Bertz CT molecular complexity index is 804. The van der Waals surface area contributed by atoms with E-state index in [4.69, 9.17) is 11.6 Å². The van der Waals surface area contributed by atoms with Crippen LogP contribution in [0.4, 0.5) is 5.69 Å². The van der Waals surface area contributed by atoms with Crippen LogP contribution in [0, 0.1) is 6.92 Å². The molecule has 2 aromatic carbocycles. The Balaban J connectivity index is 1.84. The molecule has 0 saturated carbocycles. The molecule has 2 aromatic rings. The number of benzene rings is 2. The largest absolute Gasteiger partial charge is 0.326 e. The maximum Gasteiger partial charge on any atom is 0.240 e. The number of aryl methyl sites for hydroxylation is 1. The van der Waals surface area contributed by atoms with Crippen LogP contribution in [0.2, 0.25) is 5.02 Å². The van der Waals surface area contributed by atoms with Crippen LogP contribution in [0.15, 0.2) is 53.6 Å². The molecule has 136 valence electrons. The van der Waals surface area contributed by atoms with Gasteiger partial charge in [-0.15, -0.1) is 0 Å². The Morgan fingerprint density at radius 3 is 2.38 bits per heavy atom. The van der Waals surface area contributed by atoms with E-state index < -0.39 is 0 Å². The molecule has 0 aliphatic carbocycles. The highest BCUT2D eigenvalue weighted by molar-refractivity contribution is 6.30. The Morgan fingerprint density at radius 1 is 1.04 bits per heavy atom. The standard InChI is InChI=1S/C20H22ClN3O2/c1-3-17(15-7-5-4-6-8-15)23-24-20(26)12-11-19(25)22-18-10-9-16(21)13-14(18)2/h4-10,13H,3,11-12H2,1-2H3,(H,22,25)(H,24,26)/b23-17+. The summed E-state index contributed by atoms with van der Waals surface area (Å²) in [6.07, 6.45) is 0.838. The van der Waals surface area contributed by atoms with Crippen molar-refractivity contribution in [1.82, 2.24) is 5.43 Å². The Labute approximate surface area is 158 Å². The van der Waals surface area contributed by atoms with E-state index in [9.17, 15) is 9.59 Å². The predicted molar refractivity (Wildman–Crippen MR) is 105 cm³/mol. The lowest BCUT2D eigenvalue weighted by molar-refractivity contribution is -0.124. The van der Waals surface area contributed by atoms with Gasteiger partial charge in [0.1, 0.15) is 0 Å². The molecule has 26 heavy (non-hydrogen) atoms. The zero-order chi connectivity index (χ0) is 18.9. The van der Waals surface area contributed by atoms with Gasteiger partial charge in [-0.3, -0.25) is 9.59 Å². The first-order valence-electron chi connectivity index (χ1n) is 8.46. The zero-order valence-corrected chi connectivity index (χ0v) is 15.6. The Kier molecular flexibility index (Phi) is 7.36. The molecular formula is C20H22ClN3O2. The van der Waals surface area contributed by atoms with Gasteiger partial charge < -0.3 is 5.32 Å². The molecule has 0 spiro atoms. The van der Waals surface area contributed by atoms with Crippen molar-refractivity contribution in [3.63, 3.8) is 0 Å². The summed E-state index contributed by atoms with van der Waals surface area (Å²) in [5.41, 5.74) is 5.84. The van der Waals surface area contributed by atoms with Crippen LogP contribution in [0.1, 0.15) is 37.3 Å². The maximum absolute atomic E-state index is 12.0. The molecule has 2 rings (SSSR count). The second-order valence-electron chi connectivity index (χ2n) is 5.82. The molecule has 0 heterocycles. The summed E-state index contributed by atoms with van der Waals surface area (Å²) >= 11 is 5.89. The van der Waals surface area contributed by atoms with Gasteiger partial charge in [0.05, 0.1) is 5.71 Å². The van der Waals surface area contributed by atoms with E-state index in [1.165, 1.54) is 0 Å². The van der Waals surface area contributed by atoms with Gasteiger partial charge in [-0.1, -0.05) is 48.9 Å². The quantitative estimate of drug-likeness (QED) is 0.562. The molecule has 2 amide bonds. The third kappa shape index (κ3) is 6.01. The fourth-order valence-corrected chi connectivity index (χ4v) is 2.60. The van der Waals surface area contributed by atoms with Crippen molar-refractivity contribution >= 4 is 34.8 Å². The lowest BCUT2D eigenvalue weighted by atomic mass is 10.1. The molecule has 0 saturated heterocycles.